The van der Waals surface area contributed by atoms with Crippen LogP contribution in [0.15, 0.2) is 6.07 Å². The summed E-state index contributed by atoms with van der Waals surface area (Å²) in [5.41, 5.74) is 1.24. The van der Waals surface area contributed by atoms with Crippen molar-refractivity contribution in [2.45, 2.75) is 33.1 Å². The number of carbonyl (C=O) groups excluding carboxylic acids is 2. The molecular formula is C16H24N4O3. The van der Waals surface area contributed by atoms with Gasteiger partial charge >= 0.3 is 0 Å². The summed E-state index contributed by atoms with van der Waals surface area (Å²) in [7, 11) is 0. The van der Waals surface area contributed by atoms with Crippen LogP contribution >= 0.6 is 0 Å². The average molecular weight is 320 g/mol. The Morgan fingerprint density at radius 3 is 2.61 bits per heavy atom. The van der Waals surface area contributed by atoms with Gasteiger partial charge < -0.3 is 15.3 Å². The van der Waals surface area contributed by atoms with Crippen LogP contribution in [-0.2, 0) is 6.42 Å². The van der Waals surface area contributed by atoms with E-state index in [2.05, 4.69) is 15.5 Å². The van der Waals surface area contributed by atoms with Crippen molar-refractivity contribution in [3.63, 3.8) is 0 Å². The van der Waals surface area contributed by atoms with Crippen molar-refractivity contribution in [3.05, 3.63) is 23.0 Å². The lowest BCUT2D eigenvalue weighted by atomic mass is 10.0. The topological polar surface area (TPSA) is 95.4 Å². The molecule has 0 unspecified atom stereocenters. The van der Waals surface area contributed by atoms with Crippen molar-refractivity contribution < 1.29 is 14.7 Å². The van der Waals surface area contributed by atoms with Gasteiger partial charge in [0.05, 0.1) is 6.61 Å². The van der Waals surface area contributed by atoms with E-state index >= 15 is 0 Å². The number of amides is 2. The smallest absolute Gasteiger partial charge is 0.274 e. The van der Waals surface area contributed by atoms with Gasteiger partial charge in [0.15, 0.2) is 11.4 Å². The Morgan fingerprint density at radius 1 is 1.30 bits per heavy atom. The van der Waals surface area contributed by atoms with E-state index in [0.29, 0.717) is 23.6 Å². The van der Waals surface area contributed by atoms with Gasteiger partial charge in [-0.25, -0.2) is 0 Å². The summed E-state index contributed by atoms with van der Waals surface area (Å²) in [5.74, 6) is -0.178. The van der Waals surface area contributed by atoms with Gasteiger partial charge in [-0.15, -0.1) is 10.2 Å². The molecular weight excluding hydrogens is 296 g/mol. The lowest BCUT2D eigenvalue weighted by molar-refractivity contribution is 0.0784. The number of rotatable bonds is 6. The van der Waals surface area contributed by atoms with Crippen LogP contribution in [0.3, 0.4) is 0 Å². The molecule has 7 nitrogen and oxygen atoms in total. The third kappa shape index (κ3) is 4.48. The fourth-order valence-electron chi connectivity index (χ4n) is 2.66. The van der Waals surface area contributed by atoms with Crippen LogP contribution in [0.25, 0.3) is 0 Å². The van der Waals surface area contributed by atoms with Crippen LogP contribution in [-0.4, -0.2) is 58.3 Å². The van der Waals surface area contributed by atoms with Gasteiger partial charge in [-0.3, -0.25) is 9.59 Å². The first-order valence-corrected chi connectivity index (χ1v) is 8.08. The minimum absolute atomic E-state index is 0.123. The quantitative estimate of drug-likeness (QED) is 0.802. The molecule has 1 aliphatic heterocycles. The number of hydrogen-bond acceptors (Lipinski definition) is 5. The van der Waals surface area contributed by atoms with Crippen LogP contribution in [0.4, 0.5) is 0 Å². The Kier molecular flexibility index (Phi) is 6.04. The minimum Gasteiger partial charge on any atom is -0.395 e. The Morgan fingerprint density at radius 2 is 2.00 bits per heavy atom. The molecule has 2 N–H and O–H groups in total. The van der Waals surface area contributed by atoms with E-state index in [9.17, 15) is 9.59 Å². The van der Waals surface area contributed by atoms with Crippen molar-refractivity contribution in [1.29, 1.82) is 0 Å². The predicted octanol–water partition coefficient (Wildman–Crippen LogP) is 0.633. The highest BCUT2D eigenvalue weighted by Gasteiger charge is 2.23. The molecule has 0 saturated carbocycles. The number of likely N-dealkylation sites (tertiary alicyclic amines) is 1. The Labute approximate surface area is 136 Å². The molecule has 2 heterocycles. The number of aliphatic hydroxyl groups is 1. The fourth-order valence-corrected chi connectivity index (χ4v) is 2.66. The van der Waals surface area contributed by atoms with Gasteiger partial charge in [0, 0.05) is 19.6 Å². The van der Waals surface area contributed by atoms with E-state index in [-0.39, 0.29) is 30.7 Å². The van der Waals surface area contributed by atoms with E-state index in [1.807, 2.05) is 13.8 Å². The third-order valence-electron chi connectivity index (χ3n) is 3.73. The van der Waals surface area contributed by atoms with Crippen LogP contribution < -0.4 is 5.32 Å². The van der Waals surface area contributed by atoms with Gasteiger partial charge in [0.2, 0.25) is 0 Å². The highest BCUT2D eigenvalue weighted by Crippen LogP contribution is 2.16. The second-order valence-corrected chi connectivity index (χ2v) is 6.18. The molecule has 0 atom stereocenters. The number of aromatic nitrogens is 2. The second-order valence-electron chi connectivity index (χ2n) is 6.18. The largest absolute Gasteiger partial charge is 0.395 e. The van der Waals surface area contributed by atoms with E-state index in [1.165, 1.54) is 0 Å². The standard InChI is InChI=1S/C16H24N4O3/c1-11(2)9-12-10-13(16(23)20-6-3-4-7-20)18-19-14(12)15(22)17-5-8-21/h10-11,21H,3-9H2,1-2H3,(H,17,22). The molecule has 0 aliphatic carbocycles. The lowest BCUT2D eigenvalue weighted by Gasteiger charge is -2.16. The van der Waals surface area contributed by atoms with Crippen molar-refractivity contribution in [2.24, 2.45) is 5.92 Å². The Bertz CT molecular complexity index is 568. The van der Waals surface area contributed by atoms with Gasteiger partial charge in [0.1, 0.15) is 0 Å². The van der Waals surface area contributed by atoms with Crippen LogP contribution in [0.2, 0.25) is 0 Å². The van der Waals surface area contributed by atoms with Crippen molar-refractivity contribution >= 4 is 11.8 Å². The summed E-state index contributed by atoms with van der Waals surface area (Å²) in [5, 5.41) is 19.3. The number of aliphatic hydroxyl groups excluding tert-OH is 1. The zero-order valence-electron chi connectivity index (χ0n) is 13.7. The summed E-state index contributed by atoms with van der Waals surface area (Å²) in [6.45, 7) is 5.60. The average Bonchev–Trinajstić information content (AvgIpc) is 3.05. The summed E-state index contributed by atoms with van der Waals surface area (Å²) in [6.07, 6.45) is 2.66. The number of hydrogen-bond donors (Lipinski definition) is 2. The highest BCUT2D eigenvalue weighted by atomic mass is 16.3. The van der Waals surface area contributed by atoms with Crippen LogP contribution in [0, 0.1) is 5.92 Å². The lowest BCUT2D eigenvalue weighted by Crippen LogP contribution is -2.31. The molecule has 1 aliphatic rings. The summed E-state index contributed by atoms with van der Waals surface area (Å²) in [6, 6.07) is 1.68. The van der Waals surface area contributed by atoms with Crippen molar-refractivity contribution in [1.82, 2.24) is 20.4 Å². The van der Waals surface area contributed by atoms with Gasteiger partial charge in [-0.1, -0.05) is 13.8 Å². The fraction of sp³-hybridized carbons (Fsp3) is 0.625. The molecule has 1 fully saturated rings. The molecule has 2 rings (SSSR count). The third-order valence-corrected chi connectivity index (χ3v) is 3.73. The number of nitrogens with one attached hydrogen (secondary N) is 1. The number of nitrogens with zero attached hydrogens (tertiary/aromatic N) is 3. The second kappa shape index (κ2) is 8.01. The van der Waals surface area contributed by atoms with Crippen molar-refractivity contribution in [2.75, 3.05) is 26.2 Å². The molecule has 23 heavy (non-hydrogen) atoms. The molecule has 0 bridgehead atoms. The first-order chi connectivity index (χ1) is 11.0. The predicted molar refractivity (Wildman–Crippen MR) is 85.1 cm³/mol. The minimum atomic E-state index is -0.373. The molecule has 1 saturated heterocycles. The molecule has 1 aromatic heterocycles. The van der Waals surface area contributed by atoms with E-state index in [1.54, 1.807) is 11.0 Å². The maximum atomic E-state index is 12.4. The maximum Gasteiger partial charge on any atom is 0.274 e. The summed E-state index contributed by atoms with van der Waals surface area (Å²) in [4.78, 5) is 26.3. The van der Waals surface area contributed by atoms with Crippen LogP contribution in [0.5, 0.6) is 0 Å². The van der Waals surface area contributed by atoms with Gasteiger partial charge in [-0.2, -0.15) is 0 Å². The normalized spacial score (nSPS) is 14.3. The van der Waals surface area contributed by atoms with E-state index < -0.39 is 0 Å². The SMILES string of the molecule is CC(C)Cc1cc(C(=O)N2CCCC2)nnc1C(=O)NCCO. The molecule has 2 amide bonds. The van der Waals surface area contributed by atoms with Crippen LogP contribution in [0.1, 0.15) is 53.2 Å². The molecule has 0 aromatic carbocycles. The summed E-state index contributed by atoms with van der Waals surface area (Å²) < 4.78 is 0. The van der Waals surface area contributed by atoms with Gasteiger partial charge in [0.25, 0.3) is 11.8 Å². The zero-order valence-corrected chi connectivity index (χ0v) is 13.7. The maximum absolute atomic E-state index is 12.4. The molecule has 0 radical (unpaired) electrons. The zero-order chi connectivity index (χ0) is 16.8. The Balaban J connectivity index is 2.25. The van der Waals surface area contributed by atoms with E-state index in [0.717, 1.165) is 25.9 Å². The first-order valence-electron chi connectivity index (χ1n) is 8.08. The molecule has 1 aromatic rings. The first kappa shape index (κ1) is 17.3. The molecule has 126 valence electrons. The number of carbonyl (C=O) groups is 2. The summed E-state index contributed by atoms with van der Waals surface area (Å²) >= 11 is 0. The van der Waals surface area contributed by atoms with Crippen molar-refractivity contribution in [3.8, 4) is 0 Å². The monoisotopic (exact) mass is 320 g/mol. The highest BCUT2D eigenvalue weighted by molar-refractivity contribution is 5.96. The van der Waals surface area contributed by atoms with Gasteiger partial charge in [-0.05, 0) is 36.8 Å². The molecule has 0 spiro atoms. The molecule has 7 heteroatoms. The van der Waals surface area contributed by atoms with E-state index in [4.69, 9.17) is 5.11 Å². The Hall–Kier alpha value is -2.02.